The average Bonchev–Trinajstić information content (AvgIpc) is 3.33. The van der Waals surface area contributed by atoms with Crippen molar-refractivity contribution in [1.29, 1.82) is 0 Å². The van der Waals surface area contributed by atoms with Crippen LogP contribution in [-0.2, 0) is 28.6 Å². The number of unbranched alkanes of at least 4 members (excludes halogenated alkanes) is 16. The van der Waals surface area contributed by atoms with Crippen molar-refractivity contribution in [3.63, 3.8) is 0 Å². The zero-order valence-electron chi connectivity index (χ0n) is 43.1. The molecule has 0 aliphatic carbocycles. The van der Waals surface area contributed by atoms with Crippen LogP contribution in [0.2, 0.25) is 0 Å². The lowest BCUT2D eigenvalue weighted by molar-refractivity contribution is -0.167. The number of allylic oxidation sites excluding steroid dienone is 20. The molecule has 6 heteroatoms. The highest BCUT2D eigenvalue weighted by molar-refractivity contribution is 5.71. The van der Waals surface area contributed by atoms with Crippen molar-refractivity contribution in [2.45, 2.75) is 232 Å². The summed E-state index contributed by atoms with van der Waals surface area (Å²) in [6.45, 7) is 6.33. The van der Waals surface area contributed by atoms with Crippen LogP contribution in [0.5, 0.6) is 0 Å². The van der Waals surface area contributed by atoms with E-state index in [1.54, 1.807) is 0 Å². The van der Waals surface area contributed by atoms with Gasteiger partial charge < -0.3 is 14.2 Å². The molecule has 1 unspecified atom stereocenters. The molecule has 0 saturated heterocycles. The van der Waals surface area contributed by atoms with Crippen molar-refractivity contribution in [3.8, 4) is 0 Å². The van der Waals surface area contributed by atoms with Crippen LogP contribution in [0.15, 0.2) is 122 Å². The van der Waals surface area contributed by atoms with Gasteiger partial charge in [0.05, 0.1) is 0 Å². The van der Waals surface area contributed by atoms with E-state index in [-0.39, 0.29) is 31.1 Å². The lowest BCUT2D eigenvalue weighted by Gasteiger charge is -2.18. The molecule has 0 aliphatic rings. The molecule has 0 aromatic rings. The topological polar surface area (TPSA) is 78.9 Å². The van der Waals surface area contributed by atoms with Crippen molar-refractivity contribution < 1.29 is 28.6 Å². The van der Waals surface area contributed by atoms with E-state index in [0.29, 0.717) is 25.7 Å². The minimum atomic E-state index is -0.805. The minimum absolute atomic E-state index is 0.1000. The SMILES string of the molecule is CC/C=C\C/C=C\C/C=C\C/C=C\C/C=C\C/C=C\CCCCC(=O)OCC(COC(=O)CCCCCCCCCCC)OC(=O)CCCCCCCC/C=C\C/C=C\C/C=C\C/C=C\CC. The fraction of sp³-hybridized carbons (Fsp3) is 0.623. The quantitative estimate of drug-likeness (QED) is 0.0262. The summed E-state index contributed by atoms with van der Waals surface area (Å²) < 4.78 is 16.7. The van der Waals surface area contributed by atoms with Gasteiger partial charge in [0.25, 0.3) is 0 Å². The first-order valence-corrected chi connectivity index (χ1v) is 27.0. The zero-order chi connectivity index (χ0) is 48.6. The third-order valence-electron chi connectivity index (χ3n) is 11.0. The molecular formula is C61H98O6. The normalized spacial score (nSPS) is 13.1. The van der Waals surface area contributed by atoms with Gasteiger partial charge in [-0.05, 0) is 109 Å². The molecule has 0 saturated carbocycles. The van der Waals surface area contributed by atoms with E-state index in [1.165, 1.54) is 51.4 Å². The second-order valence-electron chi connectivity index (χ2n) is 17.4. The van der Waals surface area contributed by atoms with Gasteiger partial charge in [0, 0.05) is 19.3 Å². The van der Waals surface area contributed by atoms with Gasteiger partial charge in [0.2, 0.25) is 0 Å². The van der Waals surface area contributed by atoms with Crippen molar-refractivity contribution in [2.75, 3.05) is 13.2 Å². The van der Waals surface area contributed by atoms with Crippen LogP contribution < -0.4 is 0 Å². The third kappa shape index (κ3) is 52.6. The molecule has 0 N–H and O–H groups in total. The Bertz CT molecular complexity index is 1440. The van der Waals surface area contributed by atoms with Crippen molar-refractivity contribution in [1.82, 2.24) is 0 Å². The Kier molecular flexibility index (Phi) is 51.0. The van der Waals surface area contributed by atoms with E-state index >= 15 is 0 Å². The summed E-state index contributed by atoms with van der Waals surface area (Å²) in [5, 5.41) is 0. The molecule has 0 radical (unpaired) electrons. The van der Waals surface area contributed by atoms with E-state index in [1.807, 2.05) is 0 Å². The maximum absolute atomic E-state index is 12.8. The van der Waals surface area contributed by atoms with Crippen LogP contribution in [0.4, 0.5) is 0 Å². The number of ether oxygens (including phenoxy) is 3. The van der Waals surface area contributed by atoms with Crippen LogP contribution >= 0.6 is 0 Å². The van der Waals surface area contributed by atoms with E-state index in [2.05, 4.69) is 142 Å². The summed E-state index contributed by atoms with van der Waals surface area (Å²) >= 11 is 0. The fourth-order valence-electron chi connectivity index (χ4n) is 6.96. The second kappa shape index (κ2) is 54.4. The van der Waals surface area contributed by atoms with Crippen LogP contribution in [0.25, 0.3) is 0 Å². The molecule has 6 nitrogen and oxygen atoms in total. The number of hydrogen-bond acceptors (Lipinski definition) is 6. The van der Waals surface area contributed by atoms with E-state index < -0.39 is 6.10 Å². The Labute approximate surface area is 412 Å². The molecule has 0 aliphatic heterocycles. The molecule has 0 amide bonds. The number of carbonyl (C=O) groups is 3. The van der Waals surface area contributed by atoms with E-state index in [9.17, 15) is 14.4 Å². The molecule has 378 valence electrons. The maximum atomic E-state index is 12.8. The molecule has 0 aromatic carbocycles. The first kappa shape index (κ1) is 62.8. The summed E-state index contributed by atoms with van der Waals surface area (Å²) in [6.07, 6.45) is 74.7. The maximum Gasteiger partial charge on any atom is 0.306 e. The highest BCUT2D eigenvalue weighted by Gasteiger charge is 2.19. The first-order valence-electron chi connectivity index (χ1n) is 27.0. The van der Waals surface area contributed by atoms with Crippen LogP contribution in [0.3, 0.4) is 0 Å². The summed E-state index contributed by atoms with van der Waals surface area (Å²) in [4.78, 5) is 38.0. The summed E-state index contributed by atoms with van der Waals surface area (Å²) in [5.41, 5.74) is 0. The predicted octanol–water partition coefficient (Wildman–Crippen LogP) is 18.1. The van der Waals surface area contributed by atoms with Crippen LogP contribution in [-0.4, -0.2) is 37.2 Å². The van der Waals surface area contributed by atoms with Gasteiger partial charge >= 0.3 is 17.9 Å². The monoisotopic (exact) mass is 927 g/mol. The van der Waals surface area contributed by atoms with E-state index in [4.69, 9.17) is 14.2 Å². The fourth-order valence-corrected chi connectivity index (χ4v) is 6.96. The highest BCUT2D eigenvalue weighted by atomic mass is 16.6. The number of rotatable bonds is 47. The Morgan fingerprint density at radius 3 is 0.940 bits per heavy atom. The first-order chi connectivity index (χ1) is 33.0. The van der Waals surface area contributed by atoms with Gasteiger partial charge in [-0.1, -0.05) is 219 Å². The predicted molar refractivity (Wildman–Crippen MR) is 288 cm³/mol. The minimum Gasteiger partial charge on any atom is -0.462 e. The molecule has 0 aromatic heterocycles. The van der Waals surface area contributed by atoms with Crippen molar-refractivity contribution in [2.24, 2.45) is 0 Å². The van der Waals surface area contributed by atoms with Crippen molar-refractivity contribution >= 4 is 17.9 Å². The highest BCUT2D eigenvalue weighted by Crippen LogP contribution is 2.13. The lowest BCUT2D eigenvalue weighted by atomic mass is 10.1. The van der Waals surface area contributed by atoms with Gasteiger partial charge in [-0.25, -0.2) is 0 Å². The Morgan fingerprint density at radius 1 is 0.313 bits per heavy atom. The molecule has 0 heterocycles. The molecule has 1 atom stereocenters. The number of hydrogen-bond donors (Lipinski definition) is 0. The van der Waals surface area contributed by atoms with Gasteiger partial charge in [0.1, 0.15) is 13.2 Å². The molecule has 67 heavy (non-hydrogen) atoms. The Balaban J connectivity index is 4.44. The number of esters is 3. The molecule has 0 fully saturated rings. The molecule has 0 bridgehead atoms. The summed E-state index contributed by atoms with van der Waals surface area (Å²) in [6, 6.07) is 0. The van der Waals surface area contributed by atoms with Gasteiger partial charge in [-0.15, -0.1) is 0 Å². The van der Waals surface area contributed by atoms with Gasteiger partial charge in [-0.3, -0.25) is 14.4 Å². The van der Waals surface area contributed by atoms with Gasteiger partial charge in [0.15, 0.2) is 6.10 Å². The smallest absolute Gasteiger partial charge is 0.306 e. The number of carbonyl (C=O) groups excluding carboxylic acids is 3. The van der Waals surface area contributed by atoms with Crippen LogP contribution in [0, 0.1) is 0 Å². The largest absolute Gasteiger partial charge is 0.462 e. The van der Waals surface area contributed by atoms with Crippen molar-refractivity contribution in [3.05, 3.63) is 122 Å². The summed E-state index contributed by atoms with van der Waals surface area (Å²) in [7, 11) is 0. The molecular weight excluding hydrogens is 829 g/mol. The Hall–Kier alpha value is -4.19. The molecule has 0 spiro atoms. The lowest BCUT2D eigenvalue weighted by Crippen LogP contribution is -2.30. The zero-order valence-corrected chi connectivity index (χ0v) is 43.1. The molecule has 0 rings (SSSR count). The average molecular weight is 927 g/mol. The third-order valence-corrected chi connectivity index (χ3v) is 11.0. The summed E-state index contributed by atoms with van der Waals surface area (Å²) in [5.74, 6) is -0.967. The van der Waals surface area contributed by atoms with E-state index in [0.717, 1.165) is 128 Å². The van der Waals surface area contributed by atoms with Gasteiger partial charge in [-0.2, -0.15) is 0 Å². The van der Waals surface area contributed by atoms with Crippen LogP contribution in [0.1, 0.15) is 226 Å². The standard InChI is InChI=1S/C61H98O6/c1-4-7-10-13-16-19-21-23-25-27-29-30-32-33-35-37-39-42-45-48-51-54-60(63)66-57-58(56-65-59(62)53-50-47-44-41-18-15-12-9-6-3)67-61(64)55-52-49-46-43-40-38-36-34-31-28-26-24-22-20-17-14-11-8-5-2/h7-8,10-11,16-17,19-20,23-26,29-31,33-35,39,42,58H,4-6,9,12-15,18,21-22,27-28,32,36-38,40-41,43-57H2,1-3H3/b10-7-,11-8-,19-16-,20-17-,25-23-,26-24-,30-29-,34-31-,35-33-,42-39-. The second-order valence-corrected chi connectivity index (χ2v) is 17.4. The Morgan fingerprint density at radius 2 is 0.582 bits per heavy atom.